The number of ether oxygens (including phenoxy) is 3. The monoisotopic (exact) mass is 388 g/mol. The van der Waals surface area contributed by atoms with E-state index in [4.69, 9.17) is 14.2 Å². The van der Waals surface area contributed by atoms with Crippen molar-refractivity contribution < 1.29 is 28.6 Å². The van der Waals surface area contributed by atoms with Gasteiger partial charge in [-0.15, -0.1) is 0 Å². The molecule has 2 heterocycles. The van der Waals surface area contributed by atoms with E-state index in [0.717, 1.165) is 11.1 Å². The van der Waals surface area contributed by atoms with Crippen LogP contribution in [0.25, 0.3) is 0 Å². The Balaban J connectivity index is 1.68. The molecular formula is C20H24N2O6. The minimum Gasteiger partial charge on any atom is -0.444 e. The Morgan fingerprint density at radius 1 is 1.14 bits per heavy atom. The highest BCUT2D eigenvalue weighted by Gasteiger charge is 2.39. The lowest BCUT2D eigenvalue weighted by Crippen LogP contribution is -2.42. The Bertz CT molecular complexity index is 844. The molecule has 28 heavy (non-hydrogen) atoms. The molecule has 1 aromatic carbocycles. The van der Waals surface area contributed by atoms with Gasteiger partial charge in [-0.05, 0) is 44.0 Å². The zero-order chi connectivity index (χ0) is 20.7. The molecule has 1 saturated heterocycles. The van der Waals surface area contributed by atoms with Crippen LogP contribution >= 0.6 is 0 Å². The Hall–Kier alpha value is -3.03. The third-order valence-corrected chi connectivity index (χ3v) is 4.08. The summed E-state index contributed by atoms with van der Waals surface area (Å²) in [6, 6.07) is 5.55. The van der Waals surface area contributed by atoms with Gasteiger partial charge in [-0.3, -0.25) is 4.90 Å². The molecule has 0 unspecified atom stereocenters. The first kappa shape index (κ1) is 19.7. The summed E-state index contributed by atoms with van der Waals surface area (Å²) in [5.74, 6) is -2.76. The number of carbonyl (C=O) groups is 3. The largest absolute Gasteiger partial charge is 0.444 e. The number of fused-ring (bicyclic) bond motifs is 1. The lowest BCUT2D eigenvalue weighted by Gasteiger charge is -2.29. The van der Waals surface area contributed by atoms with E-state index in [9.17, 15) is 14.4 Å². The second kappa shape index (κ2) is 6.85. The van der Waals surface area contributed by atoms with Crippen LogP contribution in [0.15, 0.2) is 30.0 Å². The molecule has 0 saturated carbocycles. The smallest absolute Gasteiger partial charge is 0.410 e. The van der Waals surface area contributed by atoms with Gasteiger partial charge < -0.3 is 19.5 Å². The normalized spacial score (nSPS) is 18.2. The van der Waals surface area contributed by atoms with Gasteiger partial charge >= 0.3 is 18.0 Å². The number of benzene rings is 1. The zero-order valence-corrected chi connectivity index (χ0v) is 16.6. The lowest BCUT2D eigenvalue weighted by molar-refractivity contribution is -0.222. The third kappa shape index (κ3) is 4.44. The SMILES string of the molecule is CC(C)(C)OC(=O)N1Cc2ccc(NC=C3C(=O)OC(C)(C)OC3=O)cc2C1. The highest BCUT2D eigenvalue weighted by atomic mass is 16.7. The average Bonchev–Trinajstić information content (AvgIpc) is 2.94. The molecule has 1 N–H and O–H groups in total. The van der Waals surface area contributed by atoms with Crippen LogP contribution in [0.3, 0.4) is 0 Å². The van der Waals surface area contributed by atoms with Crippen molar-refractivity contribution in [2.45, 2.75) is 59.1 Å². The van der Waals surface area contributed by atoms with E-state index < -0.39 is 23.3 Å². The quantitative estimate of drug-likeness (QED) is 0.473. The molecule has 3 rings (SSSR count). The Morgan fingerprint density at radius 3 is 2.36 bits per heavy atom. The summed E-state index contributed by atoms with van der Waals surface area (Å²) in [4.78, 5) is 37.8. The first-order chi connectivity index (χ1) is 12.9. The topological polar surface area (TPSA) is 94.2 Å². The van der Waals surface area contributed by atoms with Crippen molar-refractivity contribution in [3.05, 3.63) is 41.1 Å². The van der Waals surface area contributed by atoms with Gasteiger partial charge in [0, 0.05) is 38.8 Å². The molecule has 1 amide bonds. The molecule has 2 aliphatic heterocycles. The number of hydrogen-bond donors (Lipinski definition) is 1. The number of carbonyl (C=O) groups excluding carboxylic acids is 3. The molecule has 0 spiro atoms. The predicted octanol–water partition coefficient (Wildman–Crippen LogP) is 3.07. The molecule has 0 aliphatic carbocycles. The molecule has 2 aliphatic rings. The van der Waals surface area contributed by atoms with Crippen LogP contribution in [0.4, 0.5) is 10.5 Å². The number of anilines is 1. The second-order valence-electron chi connectivity index (χ2n) is 8.20. The zero-order valence-electron chi connectivity index (χ0n) is 16.6. The minimum atomic E-state index is -1.27. The van der Waals surface area contributed by atoms with Crippen molar-refractivity contribution in [2.75, 3.05) is 5.32 Å². The Kier molecular flexibility index (Phi) is 4.82. The van der Waals surface area contributed by atoms with Crippen molar-refractivity contribution in [3.63, 3.8) is 0 Å². The predicted molar refractivity (Wildman–Crippen MR) is 99.9 cm³/mol. The van der Waals surface area contributed by atoms with Crippen LogP contribution in [0.1, 0.15) is 45.7 Å². The van der Waals surface area contributed by atoms with E-state index >= 15 is 0 Å². The third-order valence-electron chi connectivity index (χ3n) is 4.08. The van der Waals surface area contributed by atoms with Gasteiger partial charge in [0.1, 0.15) is 5.60 Å². The van der Waals surface area contributed by atoms with Gasteiger partial charge in [0.2, 0.25) is 0 Å². The maximum Gasteiger partial charge on any atom is 0.410 e. The van der Waals surface area contributed by atoms with E-state index in [1.807, 2.05) is 32.9 Å². The Morgan fingerprint density at radius 2 is 1.75 bits per heavy atom. The lowest BCUT2D eigenvalue weighted by atomic mass is 10.1. The highest BCUT2D eigenvalue weighted by molar-refractivity contribution is 6.15. The molecule has 0 atom stereocenters. The molecule has 8 nitrogen and oxygen atoms in total. The molecule has 1 fully saturated rings. The van der Waals surface area contributed by atoms with Crippen LogP contribution in [-0.4, -0.2) is 34.3 Å². The molecule has 8 heteroatoms. The van der Waals surface area contributed by atoms with E-state index in [1.165, 1.54) is 20.0 Å². The molecule has 150 valence electrons. The van der Waals surface area contributed by atoms with Gasteiger partial charge in [-0.25, -0.2) is 14.4 Å². The van der Waals surface area contributed by atoms with Gasteiger partial charge in [0.15, 0.2) is 5.57 Å². The summed E-state index contributed by atoms with van der Waals surface area (Å²) in [5.41, 5.74) is 1.88. The van der Waals surface area contributed by atoms with Crippen LogP contribution in [0.2, 0.25) is 0 Å². The number of cyclic esters (lactones) is 2. The van der Waals surface area contributed by atoms with Gasteiger partial charge in [0.25, 0.3) is 5.79 Å². The maximum absolute atomic E-state index is 12.2. The van der Waals surface area contributed by atoms with E-state index in [-0.39, 0.29) is 11.7 Å². The summed E-state index contributed by atoms with van der Waals surface area (Å²) >= 11 is 0. The molecule has 0 aromatic heterocycles. The number of esters is 2. The highest BCUT2D eigenvalue weighted by Crippen LogP contribution is 2.28. The van der Waals surface area contributed by atoms with E-state index in [1.54, 1.807) is 11.0 Å². The minimum absolute atomic E-state index is 0.213. The summed E-state index contributed by atoms with van der Waals surface area (Å²) in [6.45, 7) is 9.35. The van der Waals surface area contributed by atoms with Crippen molar-refractivity contribution in [2.24, 2.45) is 0 Å². The summed E-state index contributed by atoms with van der Waals surface area (Å²) < 4.78 is 15.5. The number of hydrogen-bond acceptors (Lipinski definition) is 7. The molecular weight excluding hydrogens is 364 g/mol. The molecule has 0 radical (unpaired) electrons. The van der Waals surface area contributed by atoms with Crippen LogP contribution in [0, 0.1) is 0 Å². The van der Waals surface area contributed by atoms with E-state index in [2.05, 4.69) is 5.32 Å². The standard InChI is InChI=1S/C20H24N2O6/c1-19(2,3)28-18(25)22-10-12-6-7-14(8-13(12)11-22)21-9-15-16(23)26-20(4,5)27-17(15)24/h6-9,21H,10-11H2,1-5H3. The summed E-state index contributed by atoms with van der Waals surface area (Å²) in [6.07, 6.45) is 0.901. The maximum atomic E-state index is 12.2. The van der Waals surface area contributed by atoms with Crippen molar-refractivity contribution in [1.82, 2.24) is 4.90 Å². The van der Waals surface area contributed by atoms with Crippen molar-refractivity contribution >= 4 is 23.7 Å². The second-order valence-corrected chi connectivity index (χ2v) is 8.20. The van der Waals surface area contributed by atoms with E-state index in [0.29, 0.717) is 18.8 Å². The van der Waals surface area contributed by atoms with Gasteiger partial charge in [-0.2, -0.15) is 0 Å². The number of nitrogens with zero attached hydrogens (tertiary/aromatic N) is 1. The molecule has 1 aromatic rings. The van der Waals surface area contributed by atoms with Gasteiger partial charge in [0.05, 0.1) is 0 Å². The fourth-order valence-corrected chi connectivity index (χ4v) is 2.87. The molecule has 0 bridgehead atoms. The van der Waals surface area contributed by atoms with Crippen LogP contribution in [0.5, 0.6) is 0 Å². The summed E-state index contributed by atoms with van der Waals surface area (Å²) in [5, 5.41) is 2.92. The van der Waals surface area contributed by atoms with Crippen LogP contribution in [-0.2, 0) is 36.9 Å². The van der Waals surface area contributed by atoms with Gasteiger partial charge in [-0.1, -0.05) is 6.07 Å². The van der Waals surface area contributed by atoms with Crippen LogP contribution < -0.4 is 5.32 Å². The fourth-order valence-electron chi connectivity index (χ4n) is 2.87. The summed E-state index contributed by atoms with van der Waals surface area (Å²) in [7, 11) is 0. The Labute approximate surface area is 163 Å². The average molecular weight is 388 g/mol. The first-order valence-electron chi connectivity index (χ1n) is 8.97. The number of amides is 1. The first-order valence-corrected chi connectivity index (χ1v) is 8.97. The fraction of sp³-hybridized carbons (Fsp3) is 0.450. The number of rotatable bonds is 2. The number of nitrogens with one attached hydrogen (secondary N) is 1. The van der Waals surface area contributed by atoms with Crippen molar-refractivity contribution in [3.8, 4) is 0 Å². The van der Waals surface area contributed by atoms with Crippen molar-refractivity contribution in [1.29, 1.82) is 0 Å².